The number of hydrogen-bond donors (Lipinski definition) is 2. The summed E-state index contributed by atoms with van der Waals surface area (Å²) in [6.45, 7) is 7.57. The maximum Gasteiger partial charge on any atom is 0.222 e. The molecular weight excluding hydrogens is 396 g/mol. The van der Waals surface area contributed by atoms with E-state index in [0.29, 0.717) is 6.42 Å². The van der Waals surface area contributed by atoms with Crippen molar-refractivity contribution in [1.29, 1.82) is 0 Å². The third-order valence-corrected chi connectivity index (χ3v) is 6.41. The van der Waals surface area contributed by atoms with E-state index in [1.54, 1.807) is 17.5 Å². The molecule has 1 fully saturated rings. The van der Waals surface area contributed by atoms with Crippen molar-refractivity contribution >= 4 is 28.1 Å². The number of aryl methyl sites for hydroxylation is 3. The minimum Gasteiger partial charge on any atom is -0.342 e. The Kier molecular flexibility index (Phi) is 6.13. The maximum atomic E-state index is 12.9. The summed E-state index contributed by atoms with van der Waals surface area (Å²) in [6, 6.07) is 4.14. The Labute approximate surface area is 181 Å². The summed E-state index contributed by atoms with van der Waals surface area (Å²) in [5.41, 5.74) is 6.23. The molecule has 7 nitrogen and oxygen atoms in total. The number of aromatic amines is 1. The summed E-state index contributed by atoms with van der Waals surface area (Å²) in [5, 5.41) is 13.4. The number of H-pyrrole nitrogens is 1. The largest absolute Gasteiger partial charge is 0.342 e. The molecule has 1 aliphatic heterocycles. The number of thiazole rings is 1. The molecule has 158 valence electrons. The molecule has 1 amide bonds. The van der Waals surface area contributed by atoms with Crippen LogP contribution in [0.1, 0.15) is 53.5 Å². The molecule has 0 saturated carbocycles. The molecule has 4 rings (SSSR count). The van der Waals surface area contributed by atoms with Crippen LogP contribution in [0, 0.1) is 20.8 Å². The van der Waals surface area contributed by atoms with E-state index in [9.17, 15) is 4.79 Å². The van der Waals surface area contributed by atoms with E-state index >= 15 is 0 Å². The smallest absolute Gasteiger partial charge is 0.222 e. The number of hydrogen-bond acceptors (Lipinski definition) is 6. The molecule has 3 aromatic rings. The van der Waals surface area contributed by atoms with Gasteiger partial charge < -0.3 is 10.2 Å². The van der Waals surface area contributed by atoms with E-state index in [2.05, 4.69) is 26.6 Å². The highest BCUT2D eigenvalue weighted by atomic mass is 32.1. The third-order valence-electron chi connectivity index (χ3n) is 5.72. The molecule has 4 heterocycles. The minimum atomic E-state index is 0.216. The quantitative estimate of drug-likeness (QED) is 0.617. The van der Waals surface area contributed by atoms with Crippen molar-refractivity contribution in [2.45, 2.75) is 52.4 Å². The number of nitrogens with zero attached hydrogens (tertiary/aromatic N) is 4. The summed E-state index contributed by atoms with van der Waals surface area (Å²) < 4.78 is 0. The summed E-state index contributed by atoms with van der Waals surface area (Å²) >= 11 is 1.57. The second kappa shape index (κ2) is 8.95. The fraction of sp³-hybridized carbons (Fsp3) is 0.455. The van der Waals surface area contributed by atoms with E-state index < -0.39 is 0 Å². The van der Waals surface area contributed by atoms with Crippen molar-refractivity contribution in [1.82, 2.24) is 25.1 Å². The van der Waals surface area contributed by atoms with Crippen molar-refractivity contribution < 1.29 is 4.79 Å². The molecule has 1 saturated heterocycles. The summed E-state index contributed by atoms with van der Waals surface area (Å²) in [4.78, 5) is 24.0. The van der Waals surface area contributed by atoms with E-state index in [0.717, 1.165) is 71.5 Å². The lowest BCUT2D eigenvalue weighted by Crippen LogP contribution is -2.39. The fourth-order valence-electron chi connectivity index (χ4n) is 4.16. The zero-order valence-electron chi connectivity index (χ0n) is 17.7. The van der Waals surface area contributed by atoms with Crippen molar-refractivity contribution in [3.05, 3.63) is 52.0 Å². The Bertz CT molecular complexity index is 993. The lowest BCUT2D eigenvalue weighted by molar-refractivity contribution is -0.132. The normalized spacial score (nSPS) is 16.6. The van der Waals surface area contributed by atoms with Crippen molar-refractivity contribution in [3.8, 4) is 0 Å². The van der Waals surface area contributed by atoms with Gasteiger partial charge in [0.1, 0.15) is 0 Å². The standard InChI is InChI=1S/C22H28N6OS/c1-14-11-18(25-22-23-8-10-30-22)12-20(24-14)17-5-4-9-28(13-17)21(29)7-6-19-15(2)26-27-16(19)3/h8,10-12,17H,4-7,9,13H2,1-3H3,(H,26,27)(H,23,24,25)/t17-/m0/s1. The van der Waals surface area contributed by atoms with Gasteiger partial charge in [-0.2, -0.15) is 5.10 Å². The molecule has 0 radical (unpaired) electrons. The third kappa shape index (κ3) is 4.70. The van der Waals surface area contributed by atoms with E-state index in [4.69, 9.17) is 4.98 Å². The van der Waals surface area contributed by atoms with Crippen molar-refractivity contribution in [2.24, 2.45) is 0 Å². The predicted octanol–water partition coefficient (Wildman–Crippen LogP) is 4.27. The van der Waals surface area contributed by atoms with Gasteiger partial charge in [-0.15, -0.1) is 11.3 Å². The van der Waals surface area contributed by atoms with Gasteiger partial charge in [0.05, 0.1) is 5.69 Å². The molecule has 0 spiro atoms. The SMILES string of the molecule is Cc1cc(Nc2nccs2)cc([C@H]2CCCN(C(=O)CCc3c(C)n[nH]c3C)C2)n1. The molecule has 1 atom stereocenters. The summed E-state index contributed by atoms with van der Waals surface area (Å²) in [6.07, 6.45) is 5.10. The van der Waals surface area contributed by atoms with Gasteiger partial charge in [-0.25, -0.2) is 4.98 Å². The highest BCUT2D eigenvalue weighted by Crippen LogP contribution is 2.29. The molecule has 0 aromatic carbocycles. The predicted molar refractivity (Wildman–Crippen MR) is 119 cm³/mol. The van der Waals surface area contributed by atoms with Gasteiger partial charge in [0.2, 0.25) is 5.91 Å². The minimum absolute atomic E-state index is 0.216. The van der Waals surface area contributed by atoms with Crippen LogP contribution in [0.5, 0.6) is 0 Å². The zero-order valence-corrected chi connectivity index (χ0v) is 18.6. The summed E-state index contributed by atoms with van der Waals surface area (Å²) in [7, 11) is 0. The first-order valence-corrected chi connectivity index (χ1v) is 11.3. The van der Waals surface area contributed by atoms with Gasteiger partial charge in [-0.3, -0.25) is 14.9 Å². The first kappa shape index (κ1) is 20.5. The maximum absolute atomic E-state index is 12.9. The number of carbonyl (C=O) groups excluding carboxylic acids is 1. The number of rotatable bonds is 6. The second-order valence-corrected chi connectivity index (χ2v) is 8.87. The van der Waals surface area contributed by atoms with Crippen LogP contribution in [0.4, 0.5) is 10.8 Å². The zero-order chi connectivity index (χ0) is 21.1. The van der Waals surface area contributed by atoms with Crippen LogP contribution in [0.3, 0.4) is 0 Å². The van der Waals surface area contributed by atoms with Crippen LogP contribution >= 0.6 is 11.3 Å². The first-order chi connectivity index (χ1) is 14.5. The number of aromatic nitrogens is 4. The number of piperidine rings is 1. The molecular formula is C22H28N6OS. The average Bonchev–Trinajstić information content (AvgIpc) is 3.35. The van der Waals surface area contributed by atoms with Gasteiger partial charge in [-0.1, -0.05) is 0 Å². The van der Waals surface area contributed by atoms with Crippen LogP contribution in [-0.2, 0) is 11.2 Å². The van der Waals surface area contributed by atoms with Crippen LogP contribution in [0.25, 0.3) is 0 Å². The Hall–Kier alpha value is -2.74. The Balaban J connectivity index is 1.42. The Morgan fingerprint density at radius 1 is 1.33 bits per heavy atom. The molecule has 30 heavy (non-hydrogen) atoms. The number of anilines is 2. The van der Waals surface area contributed by atoms with Gasteiger partial charge in [0.25, 0.3) is 0 Å². The van der Waals surface area contributed by atoms with Gasteiger partial charge in [0.15, 0.2) is 5.13 Å². The van der Waals surface area contributed by atoms with E-state index in [1.807, 2.05) is 37.1 Å². The van der Waals surface area contributed by atoms with Crippen LogP contribution in [0.15, 0.2) is 23.7 Å². The average molecular weight is 425 g/mol. The highest BCUT2D eigenvalue weighted by Gasteiger charge is 2.26. The van der Waals surface area contributed by atoms with Crippen LogP contribution in [-0.4, -0.2) is 44.1 Å². The van der Waals surface area contributed by atoms with Gasteiger partial charge in [-0.05, 0) is 57.7 Å². The lowest BCUT2D eigenvalue weighted by atomic mass is 9.93. The topological polar surface area (TPSA) is 86.8 Å². The lowest BCUT2D eigenvalue weighted by Gasteiger charge is -2.33. The first-order valence-electron chi connectivity index (χ1n) is 10.4. The molecule has 0 bridgehead atoms. The number of amides is 1. The number of nitrogens with one attached hydrogen (secondary N) is 2. The Morgan fingerprint density at radius 3 is 2.93 bits per heavy atom. The van der Waals surface area contributed by atoms with E-state index in [-0.39, 0.29) is 11.8 Å². The number of pyridine rings is 1. The van der Waals surface area contributed by atoms with Crippen LogP contribution < -0.4 is 5.32 Å². The van der Waals surface area contributed by atoms with Gasteiger partial charge >= 0.3 is 0 Å². The molecule has 0 aliphatic carbocycles. The molecule has 3 aromatic heterocycles. The molecule has 8 heteroatoms. The number of carbonyl (C=O) groups is 1. The van der Waals surface area contributed by atoms with Crippen LogP contribution in [0.2, 0.25) is 0 Å². The number of likely N-dealkylation sites (tertiary alicyclic amines) is 1. The van der Waals surface area contributed by atoms with Gasteiger partial charge in [0, 0.05) is 59.8 Å². The molecule has 0 unspecified atom stereocenters. The van der Waals surface area contributed by atoms with Crippen molar-refractivity contribution in [3.63, 3.8) is 0 Å². The van der Waals surface area contributed by atoms with E-state index in [1.165, 1.54) is 0 Å². The van der Waals surface area contributed by atoms with Crippen molar-refractivity contribution in [2.75, 3.05) is 18.4 Å². The molecule has 2 N–H and O–H groups in total. The Morgan fingerprint density at radius 2 is 2.20 bits per heavy atom. The summed E-state index contributed by atoms with van der Waals surface area (Å²) in [5.74, 6) is 0.477. The molecule has 1 aliphatic rings. The monoisotopic (exact) mass is 424 g/mol. The highest BCUT2D eigenvalue weighted by molar-refractivity contribution is 7.13. The second-order valence-electron chi connectivity index (χ2n) is 7.98. The fourth-order valence-corrected chi connectivity index (χ4v) is 4.71.